The molecular formula is C27H27N3O2. The van der Waals surface area contributed by atoms with Crippen LogP contribution in [0.2, 0.25) is 0 Å². The average Bonchev–Trinajstić information content (AvgIpc) is 3.28. The Balaban J connectivity index is 1.63. The Morgan fingerprint density at radius 1 is 1.44 bits per heavy atom. The number of aryl methyl sites for hydroxylation is 1. The van der Waals surface area contributed by atoms with Crippen molar-refractivity contribution in [3.05, 3.63) is 77.4 Å². The molecule has 1 fully saturated rings. The van der Waals surface area contributed by atoms with Crippen molar-refractivity contribution in [2.24, 2.45) is 5.10 Å². The zero-order valence-electron chi connectivity index (χ0n) is 18.4. The fourth-order valence-corrected chi connectivity index (χ4v) is 4.44. The Morgan fingerprint density at radius 2 is 2.25 bits per heavy atom. The number of amides is 1. The summed E-state index contributed by atoms with van der Waals surface area (Å²) in [6.07, 6.45) is 9.88. The van der Waals surface area contributed by atoms with E-state index in [-0.39, 0.29) is 18.2 Å². The first kappa shape index (κ1) is 21.5. The van der Waals surface area contributed by atoms with Crippen LogP contribution in [0.3, 0.4) is 0 Å². The molecule has 2 aromatic rings. The molecule has 2 atom stereocenters. The zero-order valence-corrected chi connectivity index (χ0v) is 18.4. The topological polar surface area (TPSA) is 45.1 Å². The van der Waals surface area contributed by atoms with Crippen molar-refractivity contribution in [2.45, 2.75) is 38.5 Å². The number of rotatable bonds is 7. The molecule has 32 heavy (non-hydrogen) atoms. The predicted octanol–water partition coefficient (Wildman–Crippen LogP) is 4.73. The highest BCUT2D eigenvalue weighted by atomic mass is 16.5. The van der Waals surface area contributed by atoms with Gasteiger partial charge in [-0.15, -0.1) is 6.42 Å². The Labute approximate surface area is 189 Å². The Hall–Kier alpha value is -3.78. The van der Waals surface area contributed by atoms with E-state index in [9.17, 15) is 4.79 Å². The summed E-state index contributed by atoms with van der Waals surface area (Å²) < 4.78 is 6.14. The van der Waals surface area contributed by atoms with E-state index in [1.807, 2.05) is 37.3 Å². The van der Waals surface area contributed by atoms with Gasteiger partial charge in [0.15, 0.2) is 6.23 Å². The van der Waals surface area contributed by atoms with Gasteiger partial charge in [0.25, 0.3) is 5.91 Å². The highest BCUT2D eigenvalue weighted by Gasteiger charge is 2.37. The number of nitrogens with zero attached hydrogens (tertiary/aromatic N) is 3. The summed E-state index contributed by atoms with van der Waals surface area (Å²) in [7, 11) is 0. The van der Waals surface area contributed by atoms with Gasteiger partial charge in [-0.3, -0.25) is 9.80 Å². The summed E-state index contributed by atoms with van der Waals surface area (Å²) in [6.45, 7) is 14.5. The molecule has 0 spiro atoms. The summed E-state index contributed by atoms with van der Waals surface area (Å²) in [4.78, 5) is 14.7. The molecule has 4 rings (SSSR count). The van der Waals surface area contributed by atoms with E-state index in [2.05, 4.69) is 37.0 Å². The Bertz CT molecular complexity index is 1140. The summed E-state index contributed by atoms with van der Waals surface area (Å²) in [6, 6.07) is 11.4. The van der Waals surface area contributed by atoms with Crippen LogP contribution in [0.1, 0.15) is 45.5 Å². The van der Waals surface area contributed by atoms with Crippen molar-refractivity contribution in [3.8, 4) is 18.1 Å². The molecule has 162 valence electrons. The van der Waals surface area contributed by atoms with Crippen LogP contribution in [0.25, 0.3) is 11.8 Å². The third kappa shape index (κ3) is 3.80. The Morgan fingerprint density at radius 3 is 2.97 bits per heavy atom. The Kier molecular flexibility index (Phi) is 5.87. The van der Waals surface area contributed by atoms with Crippen LogP contribution in [-0.2, 0) is 6.42 Å². The fourth-order valence-electron chi connectivity index (χ4n) is 4.44. The van der Waals surface area contributed by atoms with Gasteiger partial charge < -0.3 is 9.64 Å². The van der Waals surface area contributed by atoms with E-state index in [1.54, 1.807) is 16.0 Å². The highest BCUT2D eigenvalue weighted by Crippen LogP contribution is 2.37. The number of hydrazone groups is 1. The van der Waals surface area contributed by atoms with Crippen LogP contribution in [0.4, 0.5) is 0 Å². The molecule has 0 bridgehead atoms. The first-order valence-corrected chi connectivity index (χ1v) is 10.7. The molecule has 0 radical (unpaired) electrons. The summed E-state index contributed by atoms with van der Waals surface area (Å²) in [5.41, 5.74) is 5.04. The number of benzene rings is 2. The van der Waals surface area contributed by atoms with E-state index in [4.69, 9.17) is 11.2 Å². The monoisotopic (exact) mass is 425 g/mol. The maximum Gasteiger partial charge on any atom is 0.260 e. The second kappa shape index (κ2) is 8.76. The molecule has 0 aliphatic carbocycles. The van der Waals surface area contributed by atoms with Gasteiger partial charge in [-0.25, -0.2) is 0 Å². The SMILES string of the molecule is C#CC(Cc1cccc(C=C)c1)N(N=C)C(=C)c1cc2c(cc1C)C(=O)N1CCCC1O2. The maximum atomic E-state index is 12.9. The lowest BCUT2D eigenvalue weighted by atomic mass is 9.98. The number of fused-ring (bicyclic) bond motifs is 2. The second-order valence-corrected chi connectivity index (χ2v) is 8.14. The highest BCUT2D eigenvalue weighted by molar-refractivity contribution is 5.99. The number of hydrogen-bond donors (Lipinski definition) is 0. The van der Waals surface area contributed by atoms with Gasteiger partial charge in [0.05, 0.1) is 11.3 Å². The zero-order chi connectivity index (χ0) is 22.8. The van der Waals surface area contributed by atoms with Crippen molar-refractivity contribution < 1.29 is 9.53 Å². The lowest BCUT2D eigenvalue weighted by Gasteiger charge is -2.33. The standard InChI is InChI=1S/C27H27N3O2/c1-6-20-10-8-11-21(15-20)16-22(7-2)30(28-5)19(4)23-17-25-24(14-18(23)3)27(31)29-13-9-12-26(29)32-25/h2,6,8,10-11,14-15,17,22,26H,1,4-5,9,12-13,16H2,3H3. The van der Waals surface area contributed by atoms with Crippen molar-refractivity contribution in [1.82, 2.24) is 9.91 Å². The first-order chi connectivity index (χ1) is 15.5. The van der Waals surface area contributed by atoms with Gasteiger partial charge in [0.1, 0.15) is 11.8 Å². The molecule has 1 saturated heterocycles. The van der Waals surface area contributed by atoms with E-state index in [0.717, 1.165) is 41.6 Å². The second-order valence-electron chi connectivity index (χ2n) is 8.14. The van der Waals surface area contributed by atoms with E-state index >= 15 is 0 Å². The van der Waals surface area contributed by atoms with Crippen LogP contribution in [0, 0.1) is 19.3 Å². The molecule has 2 aliphatic heterocycles. The van der Waals surface area contributed by atoms with Gasteiger partial charge in [0, 0.05) is 31.7 Å². The van der Waals surface area contributed by atoms with Gasteiger partial charge in [-0.05, 0) is 42.2 Å². The van der Waals surface area contributed by atoms with E-state index < -0.39 is 0 Å². The molecule has 5 nitrogen and oxygen atoms in total. The predicted molar refractivity (Wildman–Crippen MR) is 129 cm³/mol. The van der Waals surface area contributed by atoms with Crippen LogP contribution in [-0.4, -0.2) is 41.3 Å². The molecule has 2 heterocycles. The molecular weight excluding hydrogens is 398 g/mol. The molecule has 0 N–H and O–H groups in total. The largest absolute Gasteiger partial charge is 0.470 e. The molecule has 0 saturated carbocycles. The first-order valence-electron chi connectivity index (χ1n) is 10.7. The fraction of sp³-hybridized carbons (Fsp3) is 0.259. The molecule has 5 heteroatoms. The number of carbonyl (C=O) groups is 1. The van der Waals surface area contributed by atoms with Gasteiger partial charge in [-0.1, -0.05) is 49.4 Å². The van der Waals surface area contributed by atoms with E-state index in [1.165, 1.54) is 0 Å². The molecule has 2 aliphatic rings. The minimum absolute atomic E-state index is 0.0244. The third-order valence-electron chi connectivity index (χ3n) is 6.12. The third-order valence-corrected chi connectivity index (χ3v) is 6.12. The molecule has 1 amide bonds. The average molecular weight is 426 g/mol. The number of hydrogen-bond acceptors (Lipinski definition) is 4. The molecule has 0 aromatic heterocycles. The van der Waals surface area contributed by atoms with Gasteiger partial charge in [-0.2, -0.15) is 5.10 Å². The quantitative estimate of drug-likeness (QED) is 0.366. The minimum Gasteiger partial charge on any atom is -0.470 e. The minimum atomic E-state index is -0.372. The van der Waals surface area contributed by atoms with Crippen LogP contribution < -0.4 is 4.74 Å². The lowest BCUT2D eigenvalue weighted by Crippen LogP contribution is -2.43. The summed E-state index contributed by atoms with van der Waals surface area (Å²) in [5, 5.41) is 5.87. The van der Waals surface area contributed by atoms with Crippen LogP contribution in [0.15, 0.2) is 54.7 Å². The number of terminal acetylenes is 1. The maximum absolute atomic E-state index is 12.9. The van der Waals surface area contributed by atoms with Crippen LogP contribution in [0.5, 0.6) is 5.75 Å². The smallest absolute Gasteiger partial charge is 0.260 e. The van der Waals surface area contributed by atoms with Crippen molar-refractivity contribution in [2.75, 3.05) is 6.54 Å². The van der Waals surface area contributed by atoms with Crippen molar-refractivity contribution in [1.29, 1.82) is 0 Å². The molecule has 2 aromatic carbocycles. The number of ether oxygens (including phenoxy) is 1. The van der Waals surface area contributed by atoms with Gasteiger partial charge in [0.2, 0.25) is 0 Å². The number of carbonyl (C=O) groups excluding carboxylic acids is 1. The summed E-state index contributed by atoms with van der Waals surface area (Å²) >= 11 is 0. The van der Waals surface area contributed by atoms with Crippen LogP contribution >= 0.6 is 0 Å². The summed E-state index contributed by atoms with van der Waals surface area (Å²) in [5.74, 6) is 3.43. The van der Waals surface area contributed by atoms with E-state index in [0.29, 0.717) is 23.4 Å². The van der Waals surface area contributed by atoms with Crippen molar-refractivity contribution >= 4 is 24.4 Å². The van der Waals surface area contributed by atoms with Crippen molar-refractivity contribution in [3.63, 3.8) is 0 Å². The molecule has 2 unspecified atom stereocenters. The lowest BCUT2D eigenvalue weighted by molar-refractivity contribution is 0.0293. The normalized spacial score (nSPS) is 17.4. The van der Waals surface area contributed by atoms with Gasteiger partial charge >= 0.3 is 0 Å².